The molecule has 3 nitrogen and oxygen atoms in total. The Kier molecular flexibility index (Phi) is 4.78. The number of rotatable bonds is 6. The Bertz CT molecular complexity index is 589. The largest absolute Gasteiger partial charge is 0.484 e. The van der Waals surface area contributed by atoms with Crippen LogP contribution in [0, 0.1) is 0 Å². The van der Waals surface area contributed by atoms with Crippen molar-refractivity contribution in [2.75, 3.05) is 13.2 Å². The van der Waals surface area contributed by atoms with Gasteiger partial charge in [0.05, 0.1) is 0 Å². The number of amides is 1. The first-order valence-electron chi connectivity index (χ1n) is 7.77. The maximum Gasteiger partial charge on any atom is 0.257 e. The molecule has 1 saturated carbocycles. The lowest BCUT2D eigenvalue weighted by atomic mass is 9.84. The zero-order valence-electron chi connectivity index (χ0n) is 12.6. The summed E-state index contributed by atoms with van der Waals surface area (Å²) in [6, 6.07) is 13.7. The second kappa shape index (κ2) is 6.97. The molecule has 0 bridgehead atoms. The number of ether oxygens (including phenoxy) is 1. The minimum Gasteiger partial charge on any atom is -0.484 e. The van der Waals surface area contributed by atoms with Gasteiger partial charge in [0.15, 0.2) is 6.61 Å². The van der Waals surface area contributed by atoms with Gasteiger partial charge >= 0.3 is 0 Å². The molecule has 0 saturated heterocycles. The van der Waals surface area contributed by atoms with Crippen LogP contribution < -0.4 is 10.1 Å². The minimum absolute atomic E-state index is 0.0494. The van der Waals surface area contributed by atoms with Gasteiger partial charge in [-0.2, -0.15) is 0 Å². The maximum absolute atomic E-state index is 12.1. The number of carbonyl (C=O) groups is 1. The number of benzene rings is 1. The third kappa shape index (κ3) is 3.50. The summed E-state index contributed by atoms with van der Waals surface area (Å²) in [6.07, 6.45) is 4.81. The fourth-order valence-corrected chi connectivity index (χ4v) is 4.11. The molecular formula is C18H21NO2S. The first-order chi connectivity index (χ1) is 10.8. The van der Waals surface area contributed by atoms with E-state index in [1.54, 1.807) is 11.3 Å². The Morgan fingerprint density at radius 3 is 2.59 bits per heavy atom. The van der Waals surface area contributed by atoms with Crippen LogP contribution in [0.15, 0.2) is 47.8 Å². The van der Waals surface area contributed by atoms with E-state index in [2.05, 4.69) is 22.8 Å². The zero-order valence-corrected chi connectivity index (χ0v) is 13.4. The number of carbonyl (C=O) groups excluding carboxylic acids is 1. The summed E-state index contributed by atoms with van der Waals surface area (Å²) in [5, 5.41) is 5.19. The van der Waals surface area contributed by atoms with Crippen LogP contribution in [0.25, 0.3) is 0 Å². The molecule has 1 aromatic heterocycles. The molecule has 1 heterocycles. The molecule has 0 aliphatic heterocycles. The number of hydrogen-bond donors (Lipinski definition) is 1. The normalized spacial score (nSPS) is 16.4. The standard InChI is InChI=1S/C18H21NO2S/c20-17(13-21-15-7-2-1-3-8-15)19-14-18(10-4-5-11-18)16-9-6-12-22-16/h1-3,6-9,12H,4-5,10-11,13-14H2,(H,19,20). The highest BCUT2D eigenvalue weighted by atomic mass is 32.1. The Morgan fingerprint density at radius 2 is 1.91 bits per heavy atom. The molecule has 1 amide bonds. The van der Waals surface area contributed by atoms with Crippen LogP contribution in [0.2, 0.25) is 0 Å². The topological polar surface area (TPSA) is 38.3 Å². The van der Waals surface area contributed by atoms with E-state index >= 15 is 0 Å². The van der Waals surface area contributed by atoms with E-state index < -0.39 is 0 Å². The predicted octanol–water partition coefficient (Wildman–Crippen LogP) is 3.76. The highest BCUT2D eigenvalue weighted by Crippen LogP contribution is 2.42. The van der Waals surface area contributed by atoms with E-state index in [-0.39, 0.29) is 17.9 Å². The van der Waals surface area contributed by atoms with E-state index in [9.17, 15) is 4.79 Å². The molecular weight excluding hydrogens is 294 g/mol. The third-order valence-electron chi connectivity index (χ3n) is 4.34. The molecule has 0 spiro atoms. The van der Waals surface area contributed by atoms with Gasteiger partial charge < -0.3 is 10.1 Å². The smallest absolute Gasteiger partial charge is 0.257 e. The first-order valence-corrected chi connectivity index (χ1v) is 8.65. The number of hydrogen-bond acceptors (Lipinski definition) is 3. The second-order valence-corrected chi connectivity index (χ2v) is 6.79. The number of nitrogens with one attached hydrogen (secondary N) is 1. The highest BCUT2D eigenvalue weighted by Gasteiger charge is 2.36. The molecule has 0 unspecified atom stereocenters. The minimum atomic E-state index is -0.0494. The maximum atomic E-state index is 12.1. The van der Waals surface area contributed by atoms with E-state index in [4.69, 9.17) is 4.74 Å². The molecule has 0 atom stereocenters. The van der Waals surface area contributed by atoms with Crippen LogP contribution in [0.3, 0.4) is 0 Å². The van der Waals surface area contributed by atoms with Crippen molar-refractivity contribution in [1.29, 1.82) is 0 Å². The fourth-order valence-electron chi connectivity index (χ4n) is 3.13. The van der Waals surface area contributed by atoms with Crippen LogP contribution in [0.1, 0.15) is 30.6 Å². The number of thiophene rings is 1. The Balaban J connectivity index is 1.53. The SMILES string of the molecule is O=C(COc1ccccc1)NCC1(c2cccs2)CCCC1. The van der Waals surface area contributed by atoms with Crippen LogP contribution in [0.4, 0.5) is 0 Å². The lowest BCUT2D eigenvalue weighted by molar-refractivity contribution is -0.123. The van der Waals surface area contributed by atoms with E-state index in [0.717, 1.165) is 18.6 Å². The van der Waals surface area contributed by atoms with Gasteiger partial charge in [-0.25, -0.2) is 0 Å². The average molecular weight is 315 g/mol. The fraction of sp³-hybridized carbons (Fsp3) is 0.389. The average Bonchev–Trinajstić information content (AvgIpc) is 3.24. The summed E-state index contributed by atoms with van der Waals surface area (Å²) in [5.41, 5.74) is 0.135. The Labute approximate surface area is 135 Å². The summed E-state index contributed by atoms with van der Waals surface area (Å²) < 4.78 is 5.50. The van der Waals surface area contributed by atoms with Gasteiger partial charge in [0.2, 0.25) is 0 Å². The summed E-state index contributed by atoms with van der Waals surface area (Å²) in [7, 11) is 0. The summed E-state index contributed by atoms with van der Waals surface area (Å²) in [6.45, 7) is 0.787. The van der Waals surface area contributed by atoms with Crippen molar-refractivity contribution in [1.82, 2.24) is 5.32 Å². The lowest BCUT2D eigenvalue weighted by Crippen LogP contribution is -2.40. The van der Waals surface area contributed by atoms with E-state index in [1.807, 2.05) is 30.3 Å². The van der Waals surface area contributed by atoms with Crippen LogP contribution in [-0.4, -0.2) is 19.1 Å². The second-order valence-electron chi connectivity index (χ2n) is 5.84. The van der Waals surface area contributed by atoms with Crippen molar-refractivity contribution >= 4 is 17.2 Å². The van der Waals surface area contributed by atoms with Gasteiger partial charge in [-0.1, -0.05) is 37.1 Å². The molecule has 4 heteroatoms. The third-order valence-corrected chi connectivity index (χ3v) is 5.46. The Morgan fingerprint density at radius 1 is 1.14 bits per heavy atom. The predicted molar refractivity (Wildman–Crippen MR) is 89.4 cm³/mol. The summed E-state index contributed by atoms with van der Waals surface area (Å²) >= 11 is 1.80. The van der Waals surface area contributed by atoms with Crippen LogP contribution in [0.5, 0.6) is 5.75 Å². The van der Waals surface area contributed by atoms with Crippen molar-refractivity contribution in [2.45, 2.75) is 31.1 Å². The monoisotopic (exact) mass is 315 g/mol. The molecule has 116 valence electrons. The molecule has 2 aromatic rings. The molecule has 3 rings (SSSR count). The van der Waals surface area contributed by atoms with Crippen LogP contribution in [-0.2, 0) is 10.2 Å². The highest BCUT2D eigenvalue weighted by molar-refractivity contribution is 7.10. The lowest BCUT2D eigenvalue weighted by Gasteiger charge is -2.28. The van der Waals surface area contributed by atoms with Crippen molar-refractivity contribution < 1.29 is 9.53 Å². The van der Waals surface area contributed by atoms with Crippen molar-refractivity contribution in [3.8, 4) is 5.75 Å². The molecule has 1 N–H and O–H groups in total. The summed E-state index contributed by atoms with van der Waals surface area (Å²) in [4.78, 5) is 13.4. The van der Waals surface area contributed by atoms with E-state index in [1.165, 1.54) is 17.7 Å². The molecule has 1 fully saturated rings. The van der Waals surface area contributed by atoms with Crippen LogP contribution >= 0.6 is 11.3 Å². The van der Waals surface area contributed by atoms with Crippen molar-refractivity contribution in [2.24, 2.45) is 0 Å². The number of para-hydroxylation sites is 1. The molecule has 22 heavy (non-hydrogen) atoms. The molecule has 1 aliphatic rings. The first kappa shape index (κ1) is 15.1. The van der Waals surface area contributed by atoms with Gasteiger partial charge in [-0.3, -0.25) is 4.79 Å². The molecule has 1 aromatic carbocycles. The van der Waals surface area contributed by atoms with Gasteiger partial charge in [-0.15, -0.1) is 11.3 Å². The Hall–Kier alpha value is -1.81. The van der Waals surface area contributed by atoms with E-state index in [0.29, 0.717) is 6.54 Å². The van der Waals surface area contributed by atoms with Gasteiger partial charge in [0.25, 0.3) is 5.91 Å². The quantitative estimate of drug-likeness (QED) is 0.881. The summed E-state index contributed by atoms with van der Waals surface area (Å²) in [5.74, 6) is 0.679. The molecule has 0 radical (unpaired) electrons. The van der Waals surface area contributed by atoms with Gasteiger partial charge in [0, 0.05) is 16.8 Å². The van der Waals surface area contributed by atoms with Gasteiger partial charge in [-0.05, 0) is 36.4 Å². The van der Waals surface area contributed by atoms with Gasteiger partial charge in [0.1, 0.15) is 5.75 Å². The van der Waals surface area contributed by atoms with Crippen molar-refractivity contribution in [3.63, 3.8) is 0 Å². The zero-order chi connectivity index (χ0) is 15.3. The van der Waals surface area contributed by atoms with Crippen molar-refractivity contribution in [3.05, 3.63) is 52.7 Å². The molecule has 1 aliphatic carbocycles.